The first-order chi connectivity index (χ1) is 9.52. The van der Waals surface area contributed by atoms with Gasteiger partial charge >= 0.3 is 0 Å². The van der Waals surface area contributed by atoms with Crippen LogP contribution in [-0.2, 0) is 6.61 Å². The fraction of sp³-hybridized carbons (Fsp3) is 0.333. The van der Waals surface area contributed by atoms with Crippen LogP contribution in [0.4, 0.5) is 5.82 Å². The quantitative estimate of drug-likeness (QED) is 0.926. The average Bonchev–Trinajstić information content (AvgIpc) is 2.74. The molecule has 0 atom stereocenters. The summed E-state index contributed by atoms with van der Waals surface area (Å²) in [7, 11) is 0. The molecule has 0 saturated carbocycles. The van der Waals surface area contributed by atoms with E-state index in [-0.39, 0.29) is 6.04 Å². The van der Waals surface area contributed by atoms with Crippen molar-refractivity contribution >= 4 is 5.82 Å². The van der Waals surface area contributed by atoms with Crippen molar-refractivity contribution in [2.45, 2.75) is 33.4 Å². The number of nitrogens with two attached hydrogens (primary N) is 1. The molecule has 0 spiro atoms. The lowest BCUT2D eigenvalue weighted by Crippen LogP contribution is -2.07. The van der Waals surface area contributed by atoms with E-state index in [2.05, 4.69) is 11.2 Å². The second-order valence-corrected chi connectivity index (χ2v) is 4.99. The zero-order valence-corrected chi connectivity index (χ0v) is 11.9. The molecule has 5 nitrogen and oxygen atoms in total. The zero-order chi connectivity index (χ0) is 14.7. The van der Waals surface area contributed by atoms with Crippen LogP contribution in [0.2, 0.25) is 0 Å². The van der Waals surface area contributed by atoms with E-state index in [0.29, 0.717) is 23.9 Å². The fourth-order valence-corrected chi connectivity index (χ4v) is 1.86. The van der Waals surface area contributed by atoms with E-state index < -0.39 is 0 Å². The van der Waals surface area contributed by atoms with Crippen molar-refractivity contribution in [3.63, 3.8) is 0 Å². The van der Waals surface area contributed by atoms with Gasteiger partial charge in [-0.05, 0) is 26.3 Å². The molecule has 0 aliphatic heterocycles. The minimum atomic E-state index is 0.0822. The number of hydrogen-bond donors (Lipinski definition) is 1. The van der Waals surface area contributed by atoms with E-state index >= 15 is 0 Å². The van der Waals surface area contributed by atoms with E-state index in [1.807, 2.05) is 45.0 Å². The smallest absolute Gasteiger partial charge is 0.253 e. The SMILES string of the molecule is Cc1ccc(COc2nn(C(C)C)c(N)c2C#N)cc1. The predicted molar refractivity (Wildman–Crippen MR) is 77.3 cm³/mol. The third-order valence-corrected chi connectivity index (χ3v) is 3.01. The minimum Gasteiger partial charge on any atom is -0.471 e. The summed E-state index contributed by atoms with van der Waals surface area (Å²) < 4.78 is 7.23. The van der Waals surface area contributed by atoms with Gasteiger partial charge in [0.15, 0.2) is 5.56 Å². The maximum absolute atomic E-state index is 9.16. The Hall–Kier alpha value is -2.48. The summed E-state index contributed by atoms with van der Waals surface area (Å²) in [4.78, 5) is 0. The molecule has 5 heteroatoms. The van der Waals surface area contributed by atoms with Crippen molar-refractivity contribution in [2.75, 3.05) is 5.73 Å². The van der Waals surface area contributed by atoms with Crippen LogP contribution in [0.3, 0.4) is 0 Å². The highest BCUT2D eigenvalue weighted by atomic mass is 16.5. The normalized spacial score (nSPS) is 10.6. The summed E-state index contributed by atoms with van der Waals surface area (Å²) in [5.41, 5.74) is 8.42. The maximum Gasteiger partial charge on any atom is 0.253 e. The molecule has 0 bridgehead atoms. The molecule has 0 radical (unpaired) electrons. The van der Waals surface area contributed by atoms with Gasteiger partial charge in [0.2, 0.25) is 0 Å². The summed E-state index contributed by atoms with van der Waals surface area (Å²) in [5.74, 6) is 0.640. The predicted octanol–water partition coefficient (Wildman–Crippen LogP) is 2.81. The molecule has 20 heavy (non-hydrogen) atoms. The Kier molecular flexibility index (Phi) is 3.94. The van der Waals surface area contributed by atoms with Crippen molar-refractivity contribution in [2.24, 2.45) is 0 Å². The van der Waals surface area contributed by atoms with Gasteiger partial charge in [0.25, 0.3) is 5.88 Å². The van der Waals surface area contributed by atoms with Gasteiger partial charge in [-0.1, -0.05) is 29.8 Å². The highest BCUT2D eigenvalue weighted by Crippen LogP contribution is 2.26. The standard InChI is InChI=1S/C15H18N4O/c1-10(2)19-14(17)13(8-16)15(18-19)20-9-12-6-4-11(3)5-7-12/h4-7,10H,9,17H2,1-3H3. The molecule has 0 aliphatic rings. The molecule has 0 fully saturated rings. The largest absolute Gasteiger partial charge is 0.471 e. The highest BCUT2D eigenvalue weighted by Gasteiger charge is 2.18. The van der Waals surface area contributed by atoms with E-state index in [0.717, 1.165) is 5.56 Å². The van der Waals surface area contributed by atoms with Crippen LogP contribution in [0.15, 0.2) is 24.3 Å². The number of nitriles is 1. The van der Waals surface area contributed by atoms with Crippen molar-refractivity contribution in [3.8, 4) is 11.9 Å². The van der Waals surface area contributed by atoms with E-state index in [9.17, 15) is 0 Å². The number of hydrogen-bond acceptors (Lipinski definition) is 4. The minimum absolute atomic E-state index is 0.0822. The Labute approximate surface area is 118 Å². The first kappa shape index (κ1) is 13.9. The van der Waals surface area contributed by atoms with Crippen molar-refractivity contribution in [3.05, 3.63) is 41.0 Å². The van der Waals surface area contributed by atoms with E-state index in [4.69, 9.17) is 15.7 Å². The van der Waals surface area contributed by atoms with Crippen LogP contribution in [0.5, 0.6) is 5.88 Å². The first-order valence-electron chi connectivity index (χ1n) is 6.49. The van der Waals surface area contributed by atoms with Gasteiger partial charge in [0, 0.05) is 6.04 Å². The van der Waals surface area contributed by atoms with Crippen LogP contribution >= 0.6 is 0 Å². The van der Waals surface area contributed by atoms with Gasteiger partial charge in [-0.15, -0.1) is 5.10 Å². The van der Waals surface area contributed by atoms with Gasteiger partial charge in [0.1, 0.15) is 18.5 Å². The number of anilines is 1. The molecular weight excluding hydrogens is 252 g/mol. The molecule has 2 N–H and O–H groups in total. The molecule has 1 heterocycles. The van der Waals surface area contributed by atoms with Gasteiger partial charge in [-0.3, -0.25) is 0 Å². The number of nitrogens with zero attached hydrogens (tertiary/aromatic N) is 3. The molecule has 2 aromatic rings. The summed E-state index contributed by atoms with van der Waals surface area (Å²) in [6.45, 7) is 6.30. The Morgan fingerprint density at radius 1 is 1.35 bits per heavy atom. The van der Waals surface area contributed by atoms with Gasteiger partial charge in [-0.2, -0.15) is 5.26 Å². The van der Waals surface area contributed by atoms with Crippen molar-refractivity contribution < 1.29 is 4.74 Å². The van der Waals surface area contributed by atoms with Crippen LogP contribution in [0.1, 0.15) is 36.6 Å². The zero-order valence-electron chi connectivity index (χ0n) is 11.9. The van der Waals surface area contributed by atoms with Crippen LogP contribution in [0, 0.1) is 18.3 Å². The highest BCUT2D eigenvalue weighted by molar-refractivity contribution is 5.55. The summed E-state index contributed by atoms with van der Waals surface area (Å²) >= 11 is 0. The van der Waals surface area contributed by atoms with Crippen LogP contribution in [0.25, 0.3) is 0 Å². The number of aromatic nitrogens is 2. The number of benzene rings is 1. The van der Waals surface area contributed by atoms with E-state index in [1.165, 1.54) is 5.56 Å². The molecule has 0 amide bonds. The monoisotopic (exact) mass is 270 g/mol. The third-order valence-electron chi connectivity index (χ3n) is 3.01. The molecule has 0 saturated heterocycles. The molecule has 104 valence electrons. The number of aryl methyl sites for hydroxylation is 1. The molecule has 2 rings (SSSR count). The van der Waals surface area contributed by atoms with Crippen molar-refractivity contribution in [1.82, 2.24) is 9.78 Å². The molecule has 0 aliphatic carbocycles. The lowest BCUT2D eigenvalue weighted by molar-refractivity contribution is 0.287. The molecule has 1 aromatic heterocycles. The number of nitrogen functional groups attached to an aromatic ring is 1. The Balaban J connectivity index is 2.19. The molecule has 0 unspecified atom stereocenters. The van der Waals surface area contributed by atoms with Gasteiger partial charge < -0.3 is 10.5 Å². The van der Waals surface area contributed by atoms with E-state index in [1.54, 1.807) is 4.68 Å². The Morgan fingerprint density at radius 3 is 2.55 bits per heavy atom. The first-order valence-corrected chi connectivity index (χ1v) is 6.49. The Bertz CT molecular complexity index is 635. The van der Waals surface area contributed by atoms with Gasteiger partial charge in [0.05, 0.1) is 0 Å². The summed E-state index contributed by atoms with van der Waals surface area (Å²) in [6, 6.07) is 10.2. The number of ether oxygens (including phenoxy) is 1. The Morgan fingerprint density at radius 2 is 2.00 bits per heavy atom. The lowest BCUT2D eigenvalue weighted by Gasteiger charge is -2.06. The maximum atomic E-state index is 9.16. The fourth-order valence-electron chi connectivity index (χ4n) is 1.86. The van der Waals surface area contributed by atoms with Crippen LogP contribution < -0.4 is 10.5 Å². The average molecular weight is 270 g/mol. The lowest BCUT2D eigenvalue weighted by atomic mass is 10.2. The second kappa shape index (κ2) is 5.66. The van der Waals surface area contributed by atoms with Gasteiger partial charge in [-0.25, -0.2) is 4.68 Å². The molecular formula is C15H18N4O. The van der Waals surface area contributed by atoms with Crippen LogP contribution in [-0.4, -0.2) is 9.78 Å². The topological polar surface area (TPSA) is 76.9 Å². The summed E-state index contributed by atoms with van der Waals surface area (Å²) in [5, 5.41) is 13.4. The molecule has 1 aromatic carbocycles. The third kappa shape index (κ3) is 2.75. The second-order valence-electron chi connectivity index (χ2n) is 4.99. The summed E-state index contributed by atoms with van der Waals surface area (Å²) in [6.07, 6.45) is 0. The number of rotatable bonds is 4. The van der Waals surface area contributed by atoms with Crippen molar-refractivity contribution in [1.29, 1.82) is 5.26 Å².